The van der Waals surface area contributed by atoms with E-state index in [4.69, 9.17) is 45.1 Å². The second-order valence-corrected chi connectivity index (χ2v) is 27.5. The van der Waals surface area contributed by atoms with Crippen LogP contribution in [0.3, 0.4) is 0 Å². The maximum atomic E-state index is 13.5. The summed E-state index contributed by atoms with van der Waals surface area (Å²) in [6.07, 6.45) is 9.10. The van der Waals surface area contributed by atoms with Gasteiger partial charge in [-0.15, -0.1) is 5.10 Å². The smallest absolute Gasteiger partial charge is 0.232 e. The highest BCUT2D eigenvalue weighted by atomic mass is 32.2. The highest BCUT2D eigenvalue weighted by Gasteiger charge is 2.23. The molecule has 0 radical (unpaired) electrons. The summed E-state index contributed by atoms with van der Waals surface area (Å²) in [6, 6.07) is 48.1. The van der Waals surface area contributed by atoms with E-state index in [0.29, 0.717) is 121 Å². The van der Waals surface area contributed by atoms with Gasteiger partial charge in [0.1, 0.15) is 23.8 Å². The number of imidazole rings is 3. The van der Waals surface area contributed by atoms with E-state index in [2.05, 4.69) is 60.7 Å². The molecule has 9 N–H and O–H groups in total. The monoisotopic (exact) mass is 1380 g/mol. The fraction of sp³-hybridized carbons (Fsp3) is 0.129. The van der Waals surface area contributed by atoms with Crippen molar-refractivity contribution >= 4 is 77.0 Å². The number of benzene rings is 3. The Balaban J connectivity index is 0.628. The molecule has 0 spiro atoms. The van der Waals surface area contributed by atoms with E-state index in [-0.39, 0.29) is 31.1 Å². The SMILES string of the molecule is Cc1cccc(-c2[nH]c(CNc3ccc(NC(=O)Cc4nc5ccc(-c6nc(CNc7ccc(-c8nc9ccc(-c%10nc(CNc%11cccc(NS(C)(=O)=O)c%11)[nH]c%10-c%10cccc(C)n%10)cn9n8)cc7NS(C)(=O)=O)[nH]c6-c6cccc(C)n6)cn5n4)cc3)nc2-c2ccc3ncnn3c2)n1. The van der Waals surface area contributed by atoms with Crippen molar-refractivity contribution in [3.8, 4) is 79.3 Å². The summed E-state index contributed by atoms with van der Waals surface area (Å²) < 4.78 is 60.0. The highest BCUT2D eigenvalue weighted by molar-refractivity contribution is 7.92. The van der Waals surface area contributed by atoms with Gasteiger partial charge in [-0.25, -0.2) is 60.3 Å². The molecule has 0 aliphatic carbocycles. The number of carbonyl (C=O) groups excluding carboxylic acids is 1. The summed E-state index contributed by atoms with van der Waals surface area (Å²) in [7, 11) is -7.27. The third kappa shape index (κ3) is 14.5. The predicted molar refractivity (Wildman–Crippen MR) is 385 cm³/mol. The Morgan fingerprint density at radius 3 is 1.49 bits per heavy atom. The van der Waals surface area contributed by atoms with Crippen LogP contribution in [-0.2, 0) is 50.9 Å². The second-order valence-electron chi connectivity index (χ2n) is 24.1. The molecule has 0 unspecified atom stereocenters. The van der Waals surface area contributed by atoms with Gasteiger partial charge in [0, 0.05) is 75.0 Å². The molecular formula is C70H62N24O5S2. The largest absolute Gasteiger partial charge is 0.378 e. The third-order valence-electron chi connectivity index (χ3n) is 16.1. The maximum absolute atomic E-state index is 13.5. The van der Waals surface area contributed by atoms with Crippen molar-refractivity contribution in [1.82, 2.24) is 88.6 Å². The first kappa shape index (κ1) is 64.0. The van der Waals surface area contributed by atoms with Crippen LogP contribution in [0, 0.1) is 20.8 Å². The molecule has 0 saturated heterocycles. The number of aromatic nitrogens is 18. The standard InChI is InChI=1S/C70H62N24O5S2/c1-40-10-6-15-52(76-40)67-64(44-19-27-60-74-39-75-92(60)36-44)81-57(84-67)33-71-47-22-24-48(25-23-47)79-63(95)32-56-80-61-28-20-45(37-93(61)88-56)65-69(54-17-8-12-42(3)78-54)86-59(83-65)35-73-51-26-18-43(30-55(51)91-101(5,98)99)70-87-62-29-21-46(38-94(62)89-70)66-68(53-16-7-11-41(2)77-53)85-58(82-66)34-72-49-13-9-14-50(31-49)90-100(4,96)97/h6-31,36-39,71-73,90-91H,32-35H2,1-5H3,(H,79,95)(H,81,84)(H,82,85)(H,83,86). The number of H-pyrrole nitrogens is 3. The molecule has 101 heavy (non-hydrogen) atoms. The average molecular weight is 1380 g/mol. The van der Waals surface area contributed by atoms with Crippen molar-refractivity contribution in [1.29, 1.82) is 0 Å². The van der Waals surface area contributed by atoms with Gasteiger partial charge in [0.2, 0.25) is 26.0 Å². The van der Waals surface area contributed by atoms with Crippen molar-refractivity contribution in [3.63, 3.8) is 0 Å². The van der Waals surface area contributed by atoms with E-state index in [1.54, 1.807) is 56.1 Å². The van der Waals surface area contributed by atoms with E-state index < -0.39 is 20.0 Å². The molecule has 1 amide bonds. The number of sulfonamides is 2. The number of anilines is 6. The molecule has 31 heteroatoms. The normalized spacial score (nSPS) is 11.8. The average Bonchev–Trinajstić information content (AvgIpc) is 1.66. The topological polar surface area (TPSA) is 373 Å². The fourth-order valence-corrected chi connectivity index (χ4v) is 12.7. The lowest BCUT2D eigenvalue weighted by Crippen LogP contribution is -2.15. The molecule has 15 aromatic rings. The predicted octanol–water partition coefficient (Wildman–Crippen LogP) is 10.5. The zero-order valence-corrected chi connectivity index (χ0v) is 56.3. The Hall–Kier alpha value is -13.0. The summed E-state index contributed by atoms with van der Waals surface area (Å²) in [5.41, 5.74) is 16.3. The Morgan fingerprint density at radius 2 is 0.921 bits per heavy atom. The number of pyridine rings is 6. The fourth-order valence-electron chi connectivity index (χ4n) is 11.6. The molecule has 0 atom stereocenters. The zero-order valence-electron chi connectivity index (χ0n) is 54.7. The lowest BCUT2D eigenvalue weighted by atomic mass is 10.1. The van der Waals surface area contributed by atoms with Gasteiger partial charge in [0.25, 0.3) is 0 Å². The van der Waals surface area contributed by atoms with Crippen LogP contribution >= 0.6 is 0 Å². The van der Waals surface area contributed by atoms with Crippen molar-refractivity contribution in [2.24, 2.45) is 0 Å². The molecule has 12 aromatic heterocycles. The molecule has 504 valence electrons. The van der Waals surface area contributed by atoms with Crippen LogP contribution in [-0.4, -0.2) is 124 Å². The van der Waals surface area contributed by atoms with Crippen LogP contribution < -0.4 is 30.7 Å². The minimum Gasteiger partial charge on any atom is -0.378 e. The third-order valence-corrected chi connectivity index (χ3v) is 17.3. The number of hydrogen-bond acceptors (Lipinski definition) is 20. The number of aromatic amines is 3. The van der Waals surface area contributed by atoms with Gasteiger partial charge in [0.15, 0.2) is 28.6 Å². The van der Waals surface area contributed by atoms with Crippen LogP contribution in [0.4, 0.5) is 34.1 Å². The van der Waals surface area contributed by atoms with E-state index in [1.807, 2.05) is 154 Å². The summed E-state index contributed by atoms with van der Waals surface area (Å²) in [4.78, 5) is 67.1. The molecular weight excluding hydrogens is 1320 g/mol. The van der Waals surface area contributed by atoms with Gasteiger partial charge in [0.05, 0.1) is 107 Å². The van der Waals surface area contributed by atoms with Crippen molar-refractivity contribution < 1.29 is 21.6 Å². The molecule has 0 fully saturated rings. The molecule has 12 heterocycles. The van der Waals surface area contributed by atoms with Crippen LogP contribution in [0.5, 0.6) is 0 Å². The van der Waals surface area contributed by atoms with Crippen LogP contribution in [0.25, 0.3) is 96.3 Å². The lowest BCUT2D eigenvalue weighted by Gasteiger charge is -2.13. The minimum atomic E-state index is -3.80. The Bertz CT molecular complexity index is 5920. The number of rotatable bonds is 23. The first-order valence-electron chi connectivity index (χ1n) is 31.7. The second kappa shape index (κ2) is 26.4. The highest BCUT2D eigenvalue weighted by Crippen LogP contribution is 2.36. The lowest BCUT2D eigenvalue weighted by molar-refractivity contribution is -0.115. The van der Waals surface area contributed by atoms with Crippen LogP contribution in [0.2, 0.25) is 0 Å². The summed E-state index contributed by atoms with van der Waals surface area (Å²) in [5, 5.41) is 27.0. The van der Waals surface area contributed by atoms with Gasteiger partial charge >= 0.3 is 0 Å². The molecule has 15 rings (SSSR count). The van der Waals surface area contributed by atoms with Crippen molar-refractivity contribution in [3.05, 3.63) is 223 Å². The number of hydrogen-bond donors (Lipinski definition) is 9. The van der Waals surface area contributed by atoms with Gasteiger partial charge in [-0.05, 0) is 154 Å². The Morgan fingerprint density at radius 1 is 0.436 bits per heavy atom. The number of nitrogens with one attached hydrogen (secondary N) is 9. The molecule has 0 aliphatic rings. The van der Waals surface area contributed by atoms with E-state index in [9.17, 15) is 21.6 Å². The van der Waals surface area contributed by atoms with Gasteiger partial charge < -0.3 is 36.2 Å². The van der Waals surface area contributed by atoms with Crippen LogP contribution in [0.1, 0.15) is 40.4 Å². The molecule has 0 saturated carbocycles. The van der Waals surface area contributed by atoms with Crippen LogP contribution in [0.15, 0.2) is 183 Å². The maximum Gasteiger partial charge on any atom is 0.232 e. The van der Waals surface area contributed by atoms with Crippen molar-refractivity contribution in [2.45, 2.75) is 46.8 Å². The minimum absolute atomic E-state index is 0.0950. The number of aryl methyl sites for hydroxylation is 3. The van der Waals surface area contributed by atoms with Gasteiger partial charge in [-0.1, -0.05) is 24.3 Å². The van der Waals surface area contributed by atoms with E-state index in [1.165, 1.54) is 6.33 Å². The number of fused-ring (bicyclic) bond motifs is 3. The Kier molecular flexibility index (Phi) is 16.7. The van der Waals surface area contributed by atoms with E-state index in [0.717, 1.165) is 63.6 Å². The number of carbonyl (C=O) groups is 1. The van der Waals surface area contributed by atoms with Gasteiger partial charge in [-0.2, -0.15) is 10.2 Å². The number of amides is 1. The Labute approximate surface area is 576 Å². The zero-order chi connectivity index (χ0) is 69.5. The summed E-state index contributed by atoms with van der Waals surface area (Å²) in [6.45, 7) is 6.54. The molecule has 0 bridgehead atoms. The molecule has 3 aromatic carbocycles. The molecule has 0 aliphatic heterocycles. The quantitative estimate of drug-likeness (QED) is 0.0287. The first-order valence-corrected chi connectivity index (χ1v) is 35.5. The van der Waals surface area contributed by atoms with E-state index >= 15 is 0 Å². The van der Waals surface area contributed by atoms with Crippen molar-refractivity contribution in [2.75, 3.05) is 43.2 Å². The van der Waals surface area contributed by atoms with Gasteiger partial charge in [-0.3, -0.25) is 29.2 Å². The number of nitrogens with zero attached hydrogens (tertiary/aromatic N) is 15. The summed E-state index contributed by atoms with van der Waals surface area (Å²) >= 11 is 0. The molecule has 29 nitrogen and oxygen atoms in total. The first-order chi connectivity index (χ1) is 48.8. The summed E-state index contributed by atoms with van der Waals surface area (Å²) in [5.74, 6) is 2.14.